The van der Waals surface area contributed by atoms with Crippen LogP contribution in [0.25, 0.3) is 21.4 Å². The van der Waals surface area contributed by atoms with Gasteiger partial charge in [-0.2, -0.15) is 0 Å². The molecule has 0 fully saturated rings. The van der Waals surface area contributed by atoms with Gasteiger partial charge in [0.25, 0.3) is 5.91 Å². The predicted molar refractivity (Wildman–Crippen MR) is 60.7 cm³/mol. The summed E-state index contributed by atoms with van der Waals surface area (Å²) in [5, 5.41) is 3.26. The van der Waals surface area contributed by atoms with Crippen LogP contribution < -0.4 is 5.43 Å². The first-order valence-electron chi connectivity index (χ1n) is 4.76. The van der Waals surface area contributed by atoms with Gasteiger partial charge in [0.1, 0.15) is 5.58 Å². The molecule has 1 aromatic heterocycles. The van der Waals surface area contributed by atoms with Crippen molar-refractivity contribution in [2.75, 3.05) is 0 Å². The summed E-state index contributed by atoms with van der Waals surface area (Å²) < 4.78 is 5.20. The summed E-state index contributed by atoms with van der Waals surface area (Å²) >= 11 is 0. The second-order valence-electron chi connectivity index (χ2n) is 3.47. The molecule has 1 aromatic carbocycles. The Kier molecular flexibility index (Phi) is 2.64. The minimum absolute atomic E-state index is 0.260. The Labute approximate surface area is 95.1 Å². The second-order valence-corrected chi connectivity index (χ2v) is 3.47. The van der Waals surface area contributed by atoms with Gasteiger partial charge in [0.2, 0.25) is 0 Å². The van der Waals surface area contributed by atoms with E-state index in [4.69, 9.17) is 9.95 Å². The number of benzene rings is 1. The van der Waals surface area contributed by atoms with Crippen LogP contribution in [0.15, 0.2) is 38.6 Å². The summed E-state index contributed by atoms with van der Waals surface area (Å²) in [4.78, 5) is 25.3. The topological polar surface area (TPSA) is 96.0 Å². The molecule has 17 heavy (non-hydrogen) atoms. The van der Waals surface area contributed by atoms with Gasteiger partial charge in [-0.25, -0.2) is 0 Å². The summed E-state index contributed by atoms with van der Waals surface area (Å²) in [6.07, 6.45) is 0. The Morgan fingerprint density at radius 3 is 2.88 bits per heavy atom. The predicted octanol–water partition coefficient (Wildman–Crippen LogP) is 2.55. The average molecular weight is 229 g/mol. The van der Waals surface area contributed by atoms with Gasteiger partial charge < -0.3 is 4.42 Å². The number of nitrogens with zero attached hydrogens (tertiary/aromatic N) is 3. The molecule has 6 heteroatoms. The Morgan fingerprint density at radius 2 is 2.18 bits per heavy atom. The number of amides is 1. The number of hydrogen-bond donors (Lipinski definition) is 0. The first-order valence-corrected chi connectivity index (χ1v) is 4.76. The molecule has 6 nitrogen and oxygen atoms in total. The molecule has 2 aromatic rings. The fourth-order valence-corrected chi connectivity index (χ4v) is 1.47. The zero-order valence-corrected chi connectivity index (χ0v) is 8.88. The fourth-order valence-electron chi connectivity index (χ4n) is 1.47. The van der Waals surface area contributed by atoms with Crippen LogP contribution in [0.3, 0.4) is 0 Å². The Morgan fingerprint density at radius 1 is 1.41 bits per heavy atom. The zero-order chi connectivity index (χ0) is 12.4. The van der Waals surface area contributed by atoms with Crippen molar-refractivity contribution in [2.24, 2.45) is 5.11 Å². The van der Waals surface area contributed by atoms with Gasteiger partial charge in [-0.05, 0) is 29.7 Å². The Hall–Kier alpha value is -2.59. The van der Waals surface area contributed by atoms with E-state index in [2.05, 4.69) is 10.0 Å². The molecule has 1 amide bonds. The van der Waals surface area contributed by atoms with Crippen molar-refractivity contribution >= 4 is 16.9 Å². The summed E-state index contributed by atoms with van der Waals surface area (Å²) in [7, 11) is 0. The SMILES string of the molecule is Cc1ccc2oc(C(=O)N=[N+]=[N-])cc(=O)c2c1. The van der Waals surface area contributed by atoms with E-state index in [1.165, 1.54) is 0 Å². The molecule has 0 atom stereocenters. The van der Waals surface area contributed by atoms with Crippen molar-refractivity contribution in [1.82, 2.24) is 0 Å². The molecule has 1 heterocycles. The van der Waals surface area contributed by atoms with E-state index >= 15 is 0 Å². The van der Waals surface area contributed by atoms with E-state index < -0.39 is 5.91 Å². The monoisotopic (exact) mass is 229 g/mol. The lowest BCUT2D eigenvalue weighted by Gasteiger charge is -2.00. The van der Waals surface area contributed by atoms with Crippen molar-refractivity contribution in [2.45, 2.75) is 6.92 Å². The summed E-state index contributed by atoms with van der Waals surface area (Å²) in [5.74, 6) is -1.17. The van der Waals surface area contributed by atoms with Crippen molar-refractivity contribution in [3.05, 3.63) is 56.3 Å². The molecule has 0 saturated heterocycles. The van der Waals surface area contributed by atoms with Crippen molar-refractivity contribution in [3.63, 3.8) is 0 Å². The number of carbonyl (C=O) groups excluding carboxylic acids is 1. The largest absolute Gasteiger partial charge is 0.452 e. The van der Waals surface area contributed by atoms with E-state index in [0.29, 0.717) is 11.0 Å². The van der Waals surface area contributed by atoms with Crippen LogP contribution in [0.2, 0.25) is 0 Å². The van der Waals surface area contributed by atoms with Crippen molar-refractivity contribution in [3.8, 4) is 0 Å². The van der Waals surface area contributed by atoms with E-state index in [9.17, 15) is 9.59 Å². The van der Waals surface area contributed by atoms with Crippen LogP contribution >= 0.6 is 0 Å². The smallest absolute Gasteiger partial charge is 0.284 e. The molecule has 0 N–H and O–H groups in total. The number of fused-ring (bicyclic) bond motifs is 1. The summed E-state index contributed by atoms with van der Waals surface area (Å²) in [6.45, 7) is 1.85. The van der Waals surface area contributed by atoms with Crippen LogP contribution in [0.5, 0.6) is 0 Å². The van der Waals surface area contributed by atoms with Crippen LogP contribution in [0.1, 0.15) is 16.1 Å². The van der Waals surface area contributed by atoms with Gasteiger partial charge >= 0.3 is 0 Å². The van der Waals surface area contributed by atoms with Crippen LogP contribution in [0.4, 0.5) is 0 Å². The van der Waals surface area contributed by atoms with E-state index in [0.717, 1.165) is 11.6 Å². The number of rotatable bonds is 1. The van der Waals surface area contributed by atoms with E-state index in [1.807, 2.05) is 6.92 Å². The third-order valence-corrected chi connectivity index (χ3v) is 2.23. The lowest BCUT2D eigenvalue weighted by molar-refractivity contribution is 0.0974. The first-order chi connectivity index (χ1) is 8.11. The molecular weight excluding hydrogens is 222 g/mol. The molecule has 0 unspecified atom stereocenters. The van der Waals surface area contributed by atoms with E-state index in [-0.39, 0.29) is 11.2 Å². The highest BCUT2D eigenvalue weighted by atomic mass is 16.3. The molecule has 0 saturated carbocycles. The quantitative estimate of drug-likeness (QED) is 0.427. The third kappa shape index (κ3) is 2.02. The molecule has 0 bridgehead atoms. The standard InChI is InChI=1S/C11H7N3O3/c1-6-2-3-9-7(4-6)8(15)5-10(17-9)11(16)13-14-12/h2-5H,1H3. The minimum Gasteiger partial charge on any atom is -0.452 e. The normalized spacial score (nSPS) is 9.94. The highest BCUT2D eigenvalue weighted by molar-refractivity contribution is 5.93. The molecule has 0 radical (unpaired) electrons. The lowest BCUT2D eigenvalue weighted by Crippen LogP contribution is -2.05. The minimum atomic E-state index is -0.910. The zero-order valence-electron chi connectivity index (χ0n) is 8.88. The van der Waals surface area contributed by atoms with Gasteiger partial charge in [-0.3, -0.25) is 9.59 Å². The maximum Gasteiger partial charge on any atom is 0.284 e. The maximum absolute atomic E-state index is 11.7. The Balaban J connectivity index is 2.72. The fraction of sp³-hybridized carbons (Fsp3) is 0.0909. The highest BCUT2D eigenvalue weighted by Gasteiger charge is 2.10. The second kappa shape index (κ2) is 4.11. The number of hydrogen-bond acceptors (Lipinski definition) is 3. The third-order valence-electron chi connectivity index (χ3n) is 2.23. The van der Waals surface area contributed by atoms with Gasteiger partial charge in [-0.1, -0.05) is 11.6 Å². The molecule has 0 aliphatic rings. The molecular formula is C11H7N3O3. The molecule has 0 aliphatic heterocycles. The van der Waals surface area contributed by atoms with Crippen LogP contribution in [0, 0.1) is 6.92 Å². The lowest BCUT2D eigenvalue weighted by atomic mass is 10.1. The number of aryl methyl sites for hydroxylation is 1. The molecule has 2 rings (SSSR count). The average Bonchev–Trinajstić information content (AvgIpc) is 2.30. The number of carbonyl (C=O) groups is 1. The molecule has 84 valence electrons. The van der Waals surface area contributed by atoms with Crippen molar-refractivity contribution in [1.29, 1.82) is 0 Å². The van der Waals surface area contributed by atoms with Crippen molar-refractivity contribution < 1.29 is 9.21 Å². The summed E-state index contributed by atoms with van der Waals surface area (Å²) in [5.41, 5.74) is 9.00. The molecule has 0 spiro atoms. The molecule has 0 aliphatic carbocycles. The van der Waals surface area contributed by atoms with Gasteiger partial charge in [0, 0.05) is 11.0 Å². The van der Waals surface area contributed by atoms with Gasteiger partial charge in [0.05, 0.1) is 5.39 Å². The summed E-state index contributed by atoms with van der Waals surface area (Å²) in [6, 6.07) is 6.05. The first kappa shape index (κ1) is 10.9. The van der Waals surface area contributed by atoms with Crippen LogP contribution in [-0.2, 0) is 0 Å². The van der Waals surface area contributed by atoms with Gasteiger partial charge in [0.15, 0.2) is 11.2 Å². The van der Waals surface area contributed by atoms with Gasteiger partial charge in [-0.15, -0.1) is 0 Å². The van der Waals surface area contributed by atoms with E-state index in [1.54, 1.807) is 18.2 Å². The Bertz CT molecular complexity index is 711. The highest BCUT2D eigenvalue weighted by Crippen LogP contribution is 2.14. The number of azide groups is 1. The maximum atomic E-state index is 11.7. The van der Waals surface area contributed by atoms with Crippen LogP contribution in [-0.4, -0.2) is 5.91 Å².